The van der Waals surface area contributed by atoms with Crippen LogP contribution in [0.1, 0.15) is 31.2 Å². The molecule has 2 rings (SSSR count). The molecular formula is C14H15BrO. The van der Waals surface area contributed by atoms with Crippen molar-refractivity contribution in [2.24, 2.45) is 0 Å². The number of allylic oxidation sites excluding steroid dienone is 2. The molecule has 0 amide bonds. The van der Waals surface area contributed by atoms with E-state index < -0.39 is 0 Å². The summed E-state index contributed by atoms with van der Waals surface area (Å²) in [7, 11) is 0. The molecule has 0 fully saturated rings. The molecule has 0 aromatic heterocycles. The number of carbonyl (C=O) groups is 1. The fraction of sp³-hybridized carbons (Fsp3) is 0.357. The summed E-state index contributed by atoms with van der Waals surface area (Å²) in [5.41, 5.74) is 2.13. The third-order valence-electron chi connectivity index (χ3n) is 2.93. The van der Waals surface area contributed by atoms with Crippen LogP contribution in [0.3, 0.4) is 0 Å². The SMILES string of the molecule is O=C(Cc1ccc(Br)cc1)C1=CCCCC1. The van der Waals surface area contributed by atoms with E-state index in [1.54, 1.807) is 0 Å². The Balaban J connectivity index is 2.01. The van der Waals surface area contributed by atoms with E-state index in [-0.39, 0.29) is 0 Å². The Morgan fingerprint density at radius 1 is 1.19 bits per heavy atom. The van der Waals surface area contributed by atoms with Crippen molar-refractivity contribution in [2.75, 3.05) is 0 Å². The molecule has 0 radical (unpaired) electrons. The van der Waals surface area contributed by atoms with Crippen LogP contribution in [0.25, 0.3) is 0 Å². The maximum absolute atomic E-state index is 12.0. The Labute approximate surface area is 105 Å². The second-order valence-corrected chi connectivity index (χ2v) is 5.12. The molecule has 1 aromatic rings. The Bertz CT molecular complexity index is 403. The maximum Gasteiger partial charge on any atom is 0.162 e. The van der Waals surface area contributed by atoms with Gasteiger partial charge in [-0.25, -0.2) is 0 Å². The normalized spacial score (nSPS) is 15.7. The number of benzene rings is 1. The van der Waals surface area contributed by atoms with Crippen LogP contribution < -0.4 is 0 Å². The molecule has 1 nitrogen and oxygen atoms in total. The van der Waals surface area contributed by atoms with Crippen LogP contribution in [0.2, 0.25) is 0 Å². The van der Waals surface area contributed by atoms with Crippen molar-refractivity contribution >= 4 is 21.7 Å². The number of rotatable bonds is 3. The van der Waals surface area contributed by atoms with Gasteiger partial charge in [-0.05, 0) is 49.0 Å². The number of Topliss-reactive ketones (excluding diaryl/α,β-unsaturated/α-hetero) is 1. The zero-order chi connectivity index (χ0) is 11.4. The van der Waals surface area contributed by atoms with Crippen LogP contribution in [0.5, 0.6) is 0 Å². The van der Waals surface area contributed by atoms with Crippen LogP contribution in [-0.4, -0.2) is 5.78 Å². The van der Waals surface area contributed by atoms with Gasteiger partial charge in [-0.2, -0.15) is 0 Å². The van der Waals surface area contributed by atoms with Gasteiger partial charge in [0.15, 0.2) is 5.78 Å². The molecule has 16 heavy (non-hydrogen) atoms. The predicted octanol–water partition coefficient (Wildman–Crippen LogP) is 4.06. The Hall–Kier alpha value is -0.890. The topological polar surface area (TPSA) is 17.1 Å². The molecular weight excluding hydrogens is 264 g/mol. The highest BCUT2D eigenvalue weighted by Crippen LogP contribution is 2.20. The van der Waals surface area contributed by atoms with Crippen molar-refractivity contribution in [1.82, 2.24) is 0 Å². The number of halogens is 1. The lowest BCUT2D eigenvalue weighted by Gasteiger charge is -2.11. The molecule has 0 unspecified atom stereocenters. The molecule has 0 atom stereocenters. The smallest absolute Gasteiger partial charge is 0.162 e. The number of carbonyl (C=O) groups excluding carboxylic acids is 1. The lowest BCUT2D eigenvalue weighted by Crippen LogP contribution is -2.08. The fourth-order valence-corrected chi connectivity index (χ4v) is 2.26. The van der Waals surface area contributed by atoms with E-state index in [0.717, 1.165) is 34.9 Å². The van der Waals surface area contributed by atoms with E-state index >= 15 is 0 Å². The zero-order valence-electron chi connectivity index (χ0n) is 9.21. The minimum absolute atomic E-state index is 0.294. The van der Waals surface area contributed by atoms with Gasteiger partial charge in [0.2, 0.25) is 0 Å². The van der Waals surface area contributed by atoms with E-state index in [9.17, 15) is 4.79 Å². The molecule has 84 valence electrons. The van der Waals surface area contributed by atoms with E-state index in [2.05, 4.69) is 22.0 Å². The van der Waals surface area contributed by atoms with E-state index in [0.29, 0.717) is 12.2 Å². The van der Waals surface area contributed by atoms with Crippen LogP contribution in [-0.2, 0) is 11.2 Å². The highest BCUT2D eigenvalue weighted by atomic mass is 79.9. The Morgan fingerprint density at radius 2 is 1.94 bits per heavy atom. The van der Waals surface area contributed by atoms with Gasteiger partial charge in [0.05, 0.1) is 0 Å². The van der Waals surface area contributed by atoms with Gasteiger partial charge in [0.1, 0.15) is 0 Å². The summed E-state index contributed by atoms with van der Waals surface area (Å²) in [6, 6.07) is 7.98. The Kier molecular flexibility index (Phi) is 3.94. The van der Waals surface area contributed by atoms with Crippen molar-refractivity contribution < 1.29 is 4.79 Å². The maximum atomic E-state index is 12.0. The van der Waals surface area contributed by atoms with Gasteiger partial charge in [0, 0.05) is 10.9 Å². The minimum Gasteiger partial charge on any atom is -0.294 e. The first-order valence-electron chi connectivity index (χ1n) is 5.72. The van der Waals surface area contributed by atoms with Crippen LogP contribution in [0.4, 0.5) is 0 Å². The lowest BCUT2D eigenvalue weighted by molar-refractivity contribution is -0.115. The molecule has 0 saturated carbocycles. The highest BCUT2D eigenvalue weighted by molar-refractivity contribution is 9.10. The van der Waals surface area contributed by atoms with E-state index in [1.807, 2.05) is 24.3 Å². The van der Waals surface area contributed by atoms with E-state index in [1.165, 1.54) is 6.42 Å². The standard InChI is InChI=1S/C14H15BrO/c15-13-8-6-11(7-9-13)10-14(16)12-4-2-1-3-5-12/h4,6-9H,1-3,5,10H2. The molecule has 0 spiro atoms. The second kappa shape index (κ2) is 5.44. The lowest BCUT2D eigenvalue weighted by atomic mass is 9.93. The molecule has 2 heteroatoms. The largest absolute Gasteiger partial charge is 0.294 e. The van der Waals surface area contributed by atoms with Gasteiger partial charge in [-0.3, -0.25) is 4.79 Å². The quantitative estimate of drug-likeness (QED) is 0.815. The molecule has 1 aliphatic carbocycles. The molecule has 0 N–H and O–H groups in total. The molecule has 0 aliphatic heterocycles. The Morgan fingerprint density at radius 3 is 2.56 bits per heavy atom. The van der Waals surface area contributed by atoms with Crippen LogP contribution in [0, 0.1) is 0 Å². The molecule has 1 aromatic carbocycles. The van der Waals surface area contributed by atoms with Crippen molar-refractivity contribution in [2.45, 2.75) is 32.1 Å². The summed E-state index contributed by atoms with van der Waals surface area (Å²) in [5, 5.41) is 0. The predicted molar refractivity (Wildman–Crippen MR) is 69.4 cm³/mol. The van der Waals surface area contributed by atoms with Gasteiger partial charge in [0.25, 0.3) is 0 Å². The molecule has 0 heterocycles. The van der Waals surface area contributed by atoms with Crippen LogP contribution >= 0.6 is 15.9 Å². The first kappa shape index (κ1) is 11.6. The average Bonchev–Trinajstić information content (AvgIpc) is 2.33. The fourth-order valence-electron chi connectivity index (χ4n) is 1.99. The summed E-state index contributed by atoms with van der Waals surface area (Å²) >= 11 is 3.39. The summed E-state index contributed by atoms with van der Waals surface area (Å²) in [6.45, 7) is 0. The van der Waals surface area contributed by atoms with Crippen molar-refractivity contribution in [1.29, 1.82) is 0 Å². The monoisotopic (exact) mass is 278 g/mol. The number of hydrogen-bond acceptors (Lipinski definition) is 1. The number of ketones is 1. The highest BCUT2D eigenvalue weighted by Gasteiger charge is 2.12. The van der Waals surface area contributed by atoms with Gasteiger partial charge in [-0.15, -0.1) is 0 Å². The second-order valence-electron chi connectivity index (χ2n) is 4.20. The molecule has 0 bridgehead atoms. The first-order chi connectivity index (χ1) is 7.75. The summed E-state index contributed by atoms with van der Waals surface area (Å²) in [4.78, 5) is 12.0. The van der Waals surface area contributed by atoms with Gasteiger partial charge >= 0.3 is 0 Å². The molecule has 1 aliphatic rings. The minimum atomic E-state index is 0.294. The van der Waals surface area contributed by atoms with Gasteiger partial charge < -0.3 is 0 Å². The first-order valence-corrected chi connectivity index (χ1v) is 6.52. The van der Waals surface area contributed by atoms with Crippen molar-refractivity contribution in [3.63, 3.8) is 0 Å². The zero-order valence-corrected chi connectivity index (χ0v) is 10.8. The number of hydrogen-bond donors (Lipinski definition) is 0. The van der Waals surface area contributed by atoms with Crippen molar-refractivity contribution in [3.05, 3.63) is 46.0 Å². The van der Waals surface area contributed by atoms with Crippen LogP contribution in [0.15, 0.2) is 40.4 Å². The van der Waals surface area contributed by atoms with E-state index in [4.69, 9.17) is 0 Å². The average molecular weight is 279 g/mol. The molecule has 0 saturated heterocycles. The summed E-state index contributed by atoms with van der Waals surface area (Å²) in [5.74, 6) is 0.294. The van der Waals surface area contributed by atoms with Crippen molar-refractivity contribution in [3.8, 4) is 0 Å². The summed E-state index contributed by atoms with van der Waals surface area (Å²) in [6.07, 6.45) is 7.09. The third kappa shape index (κ3) is 3.05. The summed E-state index contributed by atoms with van der Waals surface area (Å²) < 4.78 is 1.06. The third-order valence-corrected chi connectivity index (χ3v) is 3.46. The van der Waals surface area contributed by atoms with Gasteiger partial charge in [-0.1, -0.05) is 34.1 Å².